The summed E-state index contributed by atoms with van der Waals surface area (Å²) in [6, 6.07) is 11.0. The summed E-state index contributed by atoms with van der Waals surface area (Å²) in [5, 5.41) is 7.06. The van der Waals surface area contributed by atoms with Crippen molar-refractivity contribution in [2.45, 2.75) is 27.7 Å². The van der Waals surface area contributed by atoms with Gasteiger partial charge in [0.05, 0.1) is 17.5 Å². The SMILES string of the molecule is Cc1ccccc1C(=O)NN=Cc1c(C)[nH]n(-c2ccc(Br)c(C)c2C)c1=O. The Morgan fingerprint density at radius 2 is 1.82 bits per heavy atom. The van der Waals surface area contributed by atoms with E-state index in [1.54, 1.807) is 19.1 Å². The van der Waals surface area contributed by atoms with E-state index in [0.717, 1.165) is 26.9 Å². The minimum absolute atomic E-state index is 0.226. The van der Waals surface area contributed by atoms with Crippen LogP contribution in [0.4, 0.5) is 0 Å². The lowest BCUT2D eigenvalue weighted by Crippen LogP contribution is -2.21. The molecule has 0 spiro atoms. The van der Waals surface area contributed by atoms with Crippen LogP contribution in [0.2, 0.25) is 0 Å². The lowest BCUT2D eigenvalue weighted by Gasteiger charge is -2.10. The first-order chi connectivity index (χ1) is 13.3. The average molecular weight is 441 g/mol. The van der Waals surface area contributed by atoms with Crippen molar-refractivity contribution in [3.63, 3.8) is 0 Å². The number of amides is 1. The highest BCUT2D eigenvalue weighted by atomic mass is 79.9. The maximum atomic E-state index is 12.9. The second-order valence-corrected chi connectivity index (χ2v) is 7.48. The van der Waals surface area contributed by atoms with E-state index in [2.05, 4.69) is 31.6 Å². The Morgan fingerprint density at radius 1 is 1.11 bits per heavy atom. The molecule has 1 heterocycles. The van der Waals surface area contributed by atoms with Gasteiger partial charge in [-0.05, 0) is 62.6 Å². The van der Waals surface area contributed by atoms with E-state index < -0.39 is 0 Å². The summed E-state index contributed by atoms with van der Waals surface area (Å²) in [6.07, 6.45) is 1.38. The lowest BCUT2D eigenvalue weighted by molar-refractivity contribution is 0.0954. The van der Waals surface area contributed by atoms with E-state index in [4.69, 9.17) is 0 Å². The van der Waals surface area contributed by atoms with Crippen molar-refractivity contribution in [1.82, 2.24) is 15.2 Å². The summed E-state index contributed by atoms with van der Waals surface area (Å²) in [5.74, 6) is -0.317. The number of nitrogens with zero attached hydrogens (tertiary/aromatic N) is 2. The van der Waals surface area contributed by atoms with Crippen molar-refractivity contribution in [3.8, 4) is 5.69 Å². The first-order valence-corrected chi connectivity index (χ1v) is 9.57. The predicted molar refractivity (Wildman–Crippen MR) is 115 cm³/mol. The number of carbonyl (C=O) groups excluding carboxylic acids is 1. The van der Waals surface area contributed by atoms with Crippen LogP contribution in [0.3, 0.4) is 0 Å². The Kier molecular flexibility index (Phi) is 5.65. The van der Waals surface area contributed by atoms with Crippen molar-refractivity contribution in [3.05, 3.63) is 84.7 Å². The van der Waals surface area contributed by atoms with Crippen LogP contribution in [0.25, 0.3) is 5.69 Å². The second kappa shape index (κ2) is 7.98. The van der Waals surface area contributed by atoms with Gasteiger partial charge in [0, 0.05) is 15.7 Å². The van der Waals surface area contributed by atoms with Gasteiger partial charge in [0.1, 0.15) is 0 Å². The van der Waals surface area contributed by atoms with Gasteiger partial charge in [0.2, 0.25) is 0 Å². The topological polar surface area (TPSA) is 79.2 Å². The molecule has 0 fully saturated rings. The molecule has 2 aromatic carbocycles. The van der Waals surface area contributed by atoms with E-state index in [1.807, 2.05) is 45.0 Å². The number of halogens is 1. The first-order valence-electron chi connectivity index (χ1n) is 8.78. The molecular formula is C21H21BrN4O2. The third-order valence-corrected chi connectivity index (χ3v) is 5.66. The molecule has 7 heteroatoms. The van der Waals surface area contributed by atoms with Crippen molar-refractivity contribution in [1.29, 1.82) is 0 Å². The van der Waals surface area contributed by atoms with Gasteiger partial charge in [-0.15, -0.1) is 0 Å². The normalized spacial score (nSPS) is 11.2. The fourth-order valence-corrected chi connectivity index (χ4v) is 3.37. The third kappa shape index (κ3) is 3.71. The van der Waals surface area contributed by atoms with Gasteiger partial charge < -0.3 is 0 Å². The fraction of sp³-hybridized carbons (Fsp3) is 0.190. The van der Waals surface area contributed by atoms with Crippen LogP contribution in [0.5, 0.6) is 0 Å². The maximum Gasteiger partial charge on any atom is 0.280 e. The Hall–Kier alpha value is -2.93. The molecule has 0 unspecified atom stereocenters. The van der Waals surface area contributed by atoms with Crippen LogP contribution in [-0.4, -0.2) is 21.9 Å². The minimum Gasteiger partial charge on any atom is -0.295 e. The zero-order chi connectivity index (χ0) is 20.4. The van der Waals surface area contributed by atoms with E-state index >= 15 is 0 Å². The maximum absolute atomic E-state index is 12.9. The summed E-state index contributed by atoms with van der Waals surface area (Å²) in [6.45, 7) is 7.61. The number of aromatic amines is 1. The fourth-order valence-electron chi connectivity index (χ4n) is 2.94. The third-order valence-electron chi connectivity index (χ3n) is 4.80. The van der Waals surface area contributed by atoms with E-state index in [-0.39, 0.29) is 11.5 Å². The van der Waals surface area contributed by atoms with E-state index in [0.29, 0.717) is 16.8 Å². The molecule has 0 radical (unpaired) electrons. The number of nitrogens with one attached hydrogen (secondary N) is 2. The molecule has 0 aliphatic heterocycles. The molecule has 1 aromatic heterocycles. The molecule has 0 aliphatic carbocycles. The van der Waals surface area contributed by atoms with Gasteiger partial charge >= 0.3 is 0 Å². The van der Waals surface area contributed by atoms with E-state index in [9.17, 15) is 9.59 Å². The Morgan fingerprint density at radius 3 is 2.54 bits per heavy atom. The number of aromatic nitrogens is 2. The van der Waals surface area contributed by atoms with Crippen molar-refractivity contribution >= 4 is 28.1 Å². The number of benzene rings is 2. The van der Waals surface area contributed by atoms with Crippen molar-refractivity contribution < 1.29 is 4.79 Å². The zero-order valence-corrected chi connectivity index (χ0v) is 17.7. The van der Waals surface area contributed by atoms with Crippen LogP contribution in [0, 0.1) is 27.7 Å². The molecule has 144 valence electrons. The van der Waals surface area contributed by atoms with Crippen LogP contribution < -0.4 is 11.0 Å². The number of aryl methyl sites for hydroxylation is 2. The van der Waals surface area contributed by atoms with Gasteiger partial charge in [-0.2, -0.15) is 5.10 Å². The molecule has 3 aromatic rings. The summed E-state index contributed by atoms with van der Waals surface area (Å²) in [5.41, 5.74) is 7.56. The lowest BCUT2D eigenvalue weighted by atomic mass is 10.1. The largest absolute Gasteiger partial charge is 0.295 e. The number of H-pyrrole nitrogens is 1. The number of hydrogen-bond donors (Lipinski definition) is 2. The quantitative estimate of drug-likeness (QED) is 0.476. The van der Waals surface area contributed by atoms with Crippen LogP contribution in [0.15, 0.2) is 50.8 Å². The number of rotatable bonds is 4. The molecule has 3 rings (SSSR count). The smallest absolute Gasteiger partial charge is 0.280 e. The van der Waals surface area contributed by atoms with Crippen LogP contribution >= 0.6 is 15.9 Å². The van der Waals surface area contributed by atoms with E-state index in [1.165, 1.54) is 10.9 Å². The highest BCUT2D eigenvalue weighted by Gasteiger charge is 2.14. The summed E-state index contributed by atoms with van der Waals surface area (Å²) < 4.78 is 2.49. The molecule has 1 amide bonds. The zero-order valence-electron chi connectivity index (χ0n) is 16.1. The van der Waals surface area contributed by atoms with Gasteiger partial charge in [-0.3, -0.25) is 14.7 Å². The molecule has 6 nitrogen and oxygen atoms in total. The molecule has 0 saturated carbocycles. The highest BCUT2D eigenvalue weighted by Crippen LogP contribution is 2.24. The molecule has 0 saturated heterocycles. The first kappa shape index (κ1) is 19.8. The molecule has 0 atom stereocenters. The minimum atomic E-state index is -0.317. The Bertz CT molecular complexity index is 1140. The van der Waals surface area contributed by atoms with Gasteiger partial charge in [0.25, 0.3) is 11.5 Å². The van der Waals surface area contributed by atoms with Crippen LogP contribution in [-0.2, 0) is 0 Å². The number of hydrogen-bond acceptors (Lipinski definition) is 3. The van der Waals surface area contributed by atoms with Gasteiger partial charge in [-0.1, -0.05) is 34.1 Å². The van der Waals surface area contributed by atoms with Crippen molar-refractivity contribution in [2.24, 2.45) is 5.10 Å². The predicted octanol–water partition coefficient (Wildman–Crippen LogP) is 3.93. The number of carbonyl (C=O) groups is 1. The van der Waals surface area contributed by atoms with Gasteiger partial charge in [0.15, 0.2) is 0 Å². The summed E-state index contributed by atoms with van der Waals surface area (Å²) in [4.78, 5) is 25.1. The average Bonchev–Trinajstić information content (AvgIpc) is 2.94. The molecule has 0 aliphatic rings. The number of hydrazone groups is 1. The molecule has 2 N–H and O–H groups in total. The highest BCUT2D eigenvalue weighted by molar-refractivity contribution is 9.10. The monoisotopic (exact) mass is 440 g/mol. The standard InChI is InChI=1S/C21H21BrN4O2/c1-12-7-5-6-8-16(12)20(27)24-23-11-17-15(4)25-26(21(17)28)19-10-9-18(22)13(2)14(19)3/h5-11,25H,1-4H3,(H,24,27). The van der Waals surface area contributed by atoms with Gasteiger partial charge in [-0.25, -0.2) is 10.1 Å². The molecule has 0 bridgehead atoms. The second-order valence-electron chi connectivity index (χ2n) is 6.62. The Balaban J connectivity index is 1.88. The van der Waals surface area contributed by atoms with Crippen molar-refractivity contribution in [2.75, 3.05) is 0 Å². The summed E-state index contributed by atoms with van der Waals surface area (Å²) >= 11 is 3.50. The Labute approximate surface area is 171 Å². The summed E-state index contributed by atoms with van der Waals surface area (Å²) in [7, 11) is 0. The van der Waals surface area contributed by atoms with Crippen LogP contribution in [0.1, 0.15) is 38.3 Å². The molecular weight excluding hydrogens is 420 g/mol. The molecule has 28 heavy (non-hydrogen) atoms.